The number of nitrogens with zero attached hydrogens (tertiary/aromatic N) is 2. The second kappa shape index (κ2) is 3.01. The van der Waals surface area contributed by atoms with Gasteiger partial charge in [0.1, 0.15) is 0 Å². The van der Waals surface area contributed by atoms with Crippen LogP contribution in [0.1, 0.15) is 5.56 Å². The van der Waals surface area contributed by atoms with Crippen molar-refractivity contribution in [2.45, 2.75) is 6.92 Å². The zero-order valence-electron chi connectivity index (χ0n) is 5.94. The molecule has 1 unspecified atom stereocenters. The van der Waals surface area contributed by atoms with Gasteiger partial charge in [0.15, 0.2) is 0 Å². The molecule has 0 aromatic carbocycles. The molecule has 5 heteroatoms. The van der Waals surface area contributed by atoms with Gasteiger partial charge in [-0.05, 0) is 0 Å². The van der Waals surface area contributed by atoms with Gasteiger partial charge in [-0.2, -0.15) is 0 Å². The monoisotopic (exact) mass is 214 g/mol. The first-order valence-electron chi connectivity index (χ1n) is 2.98. The molecule has 1 aromatic heterocycles. The van der Waals surface area contributed by atoms with Gasteiger partial charge in [-0.25, -0.2) is 0 Å². The molecule has 0 aliphatic rings. The molecule has 1 aromatic rings. The van der Waals surface area contributed by atoms with E-state index in [-0.39, 0.29) is 5.69 Å². The van der Waals surface area contributed by atoms with E-state index in [2.05, 4.69) is 4.98 Å². The number of pyridine rings is 1. The van der Waals surface area contributed by atoms with Crippen LogP contribution in [0.4, 0.5) is 5.69 Å². The van der Waals surface area contributed by atoms with E-state index in [4.69, 9.17) is 0 Å². The Balaban J connectivity index is 3.23. The summed E-state index contributed by atoms with van der Waals surface area (Å²) in [5, 5.41) is 10.3. The average Bonchev–Trinajstić information content (AvgIpc) is 1.94. The molecule has 0 spiro atoms. The number of nitro groups is 1. The third-order valence-corrected chi connectivity index (χ3v) is 2.16. The molecule has 1 rings (SSSR count). The first-order valence-corrected chi connectivity index (χ1v) is 4.19. The van der Waals surface area contributed by atoms with E-state index in [1.165, 1.54) is 22.9 Å². The summed E-state index contributed by atoms with van der Waals surface area (Å²) in [7, 11) is 0. The fourth-order valence-corrected chi connectivity index (χ4v) is 1.26. The molecule has 11 heavy (non-hydrogen) atoms. The molecular weight excluding hydrogens is 207 g/mol. The van der Waals surface area contributed by atoms with Crippen molar-refractivity contribution in [1.82, 2.24) is 4.98 Å². The summed E-state index contributed by atoms with van der Waals surface area (Å²) in [4.78, 5) is 13.8. The van der Waals surface area contributed by atoms with Crippen LogP contribution in [0.5, 0.6) is 0 Å². The minimum atomic E-state index is -0.406. The molecular formula is C6H7AsN2O2. The molecule has 0 radical (unpaired) electrons. The topological polar surface area (TPSA) is 56.0 Å². The predicted octanol–water partition coefficient (Wildman–Crippen LogP) is -0.443. The molecule has 0 aliphatic heterocycles. The molecule has 4 nitrogen and oxygen atoms in total. The van der Waals surface area contributed by atoms with Crippen LogP contribution in [0.25, 0.3) is 0 Å². The number of aryl methyl sites for hydroxylation is 1. The molecule has 0 saturated carbocycles. The number of hydrogen-bond donors (Lipinski definition) is 0. The van der Waals surface area contributed by atoms with Crippen molar-refractivity contribution in [3.05, 3.63) is 27.9 Å². The summed E-state index contributed by atoms with van der Waals surface area (Å²) in [6.45, 7) is 1.78. The number of rotatable bonds is 1. The Hall–Kier alpha value is -0.892. The summed E-state index contributed by atoms with van der Waals surface area (Å²) in [6.07, 6.45) is 1.63. The Bertz CT molecular complexity index is 301. The quantitative estimate of drug-likeness (QED) is 0.361. The number of aromatic nitrogens is 1. The van der Waals surface area contributed by atoms with Crippen molar-refractivity contribution in [3.63, 3.8) is 0 Å². The van der Waals surface area contributed by atoms with Crippen LogP contribution >= 0.6 is 0 Å². The fourth-order valence-electron chi connectivity index (χ4n) is 0.711. The molecule has 1 heterocycles. The van der Waals surface area contributed by atoms with Gasteiger partial charge >= 0.3 is 71.8 Å². The second-order valence-electron chi connectivity index (χ2n) is 2.17. The van der Waals surface area contributed by atoms with Crippen molar-refractivity contribution < 1.29 is 4.92 Å². The Morgan fingerprint density at radius 2 is 2.36 bits per heavy atom. The van der Waals surface area contributed by atoms with E-state index in [1.54, 1.807) is 13.1 Å². The zero-order chi connectivity index (χ0) is 8.43. The van der Waals surface area contributed by atoms with E-state index in [0.717, 1.165) is 5.56 Å². The van der Waals surface area contributed by atoms with Gasteiger partial charge in [0.05, 0.1) is 0 Å². The standard InChI is InChI=1S/C6H7AsN2O2/c1-4-2-5(9(10)11)6(7)8-3-4/h2-3H,7H2,1H3. The van der Waals surface area contributed by atoms with Gasteiger partial charge in [-0.1, -0.05) is 0 Å². The third-order valence-electron chi connectivity index (χ3n) is 1.23. The Morgan fingerprint density at radius 1 is 1.73 bits per heavy atom. The maximum atomic E-state index is 10.3. The van der Waals surface area contributed by atoms with Crippen LogP contribution < -0.4 is 4.48 Å². The van der Waals surface area contributed by atoms with E-state index in [0.29, 0.717) is 4.48 Å². The fraction of sp³-hybridized carbons (Fsp3) is 0.167. The van der Waals surface area contributed by atoms with Crippen LogP contribution in [0.3, 0.4) is 0 Å². The van der Waals surface area contributed by atoms with Crippen LogP contribution in [0.15, 0.2) is 12.3 Å². The van der Waals surface area contributed by atoms with Crippen LogP contribution in [0, 0.1) is 17.0 Å². The summed E-state index contributed by atoms with van der Waals surface area (Å²) < 4.78 is 0.521. The molecule has 0 fully saturated rings. The molecule has 0 N–H and O–H groups in total. The van der Waals surface area contributed by atoms with E-state index in [1.807, 2.05) is 0 Å². The zero-order valence-corrected chi connectivity index (χ0v) is 8.37. The predicted molar refractivity (Wildman–Crippen MR) is 43.8 cm³/mol. The molecule has 0 saturated heterocycles. The molecule has 1 atom stereocenters. The average molecular weight is 214 g/mol. The normalized spacial score (nSPS) is 9.64. The molecule has 0 aliphatic carbocycles. The first kappa shape index (κ1) is 8.21. The first-order chi connectivity index (χ1) is 5.11. The van der Waals surface area contributed by atoms with Gasteiger partial charge in [0.2, 0.25) is 0 Å². The van der Waals surface area contributed by atoms with Crippen LogP contribution in [-0.4, -0.2) is 26.8 Å². The summed E-state index contributed by atoms with van der Waals surface area (Å²) in [6, 6.07) is 1.53. The Labute approximate surface area is 72.3 Å². The van der Waals surface area contributed by atoms with Crippen LogP contribution in [-0.2, 0) is 0 Å². The Kier molecular flexibility index (Phi) is 2.24. The Morgan fingerprint density at radius 3 is 2.82 bits per heavy atom. The van der Waals surface area contributed by atoms with Crippen molar-refractivity contribution in [2.75, 3.05) is 0 Å². The van der Waals surface area contributed by atoms with Gasteiger partial charge < -0.3 is 0 Å². The van der Waals surface area contributed by atoms with Crippen molar-refractivity contribution in [2.24, 2.45) is 0 Å². The van der Waals surface area contributed by atoms with E-state index >= 15 is 0 Å². The van der Waals surface area contributed by atoms with Crippen molar-refractivity contribution in [1.29, 1.82) is 0 Å². The minimum absolute atomic E-state index is 0.116. The maximum absolute atomic E-state index is 10.3. The molecule has 0 amide bonds. The SMILES string of the molecule is Cc1cnc([AsH2])c([N+](=O)[O-])c1. The van der Waals surface area contributed by atoms with Crippen molar-refractivity contribution >= 4 is 27.0 Å². The summed E-state index contributed by atoms with van der Waals surface area (Å²) in [5.41, 5.74) is 0.933. The van der Waals surface area contributed by atoms with Gasteiger partial charge in [0, 0.05) is 0 Å². The summed E-state index contributed by atoms with van der Waals surface area (Å²) in [5.74, 6) is 0. The second-order valence-corrected chi connectivity index (χ2v) is 3.32. The number of hydrogen-bond acceptors (Lipinski definition) is 3. The molecule has 58 valence electrons. The van der Waals surface area contributed by atoms with Crippen LogP contribution in [0.2, 0.25) is 0 Å². The summed E-state index contributed by atoms with van der Waals surface area (Å²) >= 11 is 1.17. The molecule has 0 bridgehead atoms. The van der Waals surface area contributed by atoms with Gasteiger partial charge in [0.25, 0.3) is 0 Å². The van der Waals surface area contributed by atoms with Gasteiger partial charge in [-0.3, -0.25) is 0 Å². The van der Waals surface area contributed by atoms with E-state index < -0.39 is 4.92 Å². The van der Waals surface area contributed by atoms with Crippen molar-refractivity contribution in [3.8, 4) is 0 Å². The van der Waals surface area contributed by atoms with E-state index in [9.17, 15) is 10.1 Å². The van der Waals surface area contributed by atoms with Gasteiger partial charge in [-0.15, -0.1) is 0 Å². The third kappa shape index (κ3) is 1.77.